The van der Waals surface area contributed by atoms with E-state index < -0.39 is 28.7 Å². The van der Waals surface area contributed by atoms with Crippen LogP contribution < -0.4 is 5.32 Å². The zero-order chi connectivity index (χ0) is 23.2. The Kier molecular flexibility index (Phi) is 6.83. The van der Waals surface area contributed by atoms with Crippen molar-refractivity contribution in [2.45, 2.75) is 94.3 Å². The fraction of sp³-hybridized carbons (Fsp3) is 0.875. The lowest BCUT2D eigenvalue weighted by Gasteiger charge is -2.41. The van der Waals surface area contributed by atoms with E-state index in [0.29, 0.717) is 0 Å². The second-order valence-electron chi connectivity index (χ2n) is 10.4. The van der Waals surface area contributed by atoms with Gasteiger partial charge in [0.25, 0.3) is 0 Å². The zero-order valence-corrected chi connectivity index (χ0v) is 20.5. The monoisotopic (exact) mass is 466 g/mol. The number of hydrogen-bond donors (Lipinski definition) is 2. The smallest absolute Gasteiger partial charge is 0.310 e. The first-order valence-corrected chi connectivity index (χ1v) is 13.2. The number of hydrogen-bond acceptors (Lipinski definition) is 6. The van der Waals surface area contributed by atoms with E-state index in [2.05, 4.69) is 12.2 Å². The second kappa shape index (κ2) is 9.16. The van der Waals surface area contributed by atoms with Crippen LogP contribution in [0, 0.1) is 23.7 Å². The Morgan fingerprint density at radius 2 is 1.97 bits per heavy atom. The summed E-state index contributed by atoms with van der Waals surface area (Å²) in [4.78, 5) is 42.4. The molecule has 2 amide bonds. The number of thioether (sulfide) groups is 1. The van der Waals surface area contributed by atoms with Crippen molar-refractivity contribution >= 4 is 29.5 Å². The topological polar surface area (TPSA) is 95.9 Å². The molecule has 3 saturated heterocycles. The van der Waals surface area contributed by atoms with Crippen LogP contribution in [-0.2, 0) is 19.1 Å². The summed E-state index contributed by atoms with van der Waals surface area (Å²) in [7, 11) is 0. The van der Waals surface area contributed by atoms with Crippen LogP contribution in [0.5, 0.6) is 0 Å². The Balaban J connectivity index is 1.74. The van der Waals surface area contributed by atoms with E-state index in [1.807, 2.05) is 13.8 Å². The molecule has 7 atom stereocenters. The molecule has 4 aliphatic rings. The summed E-state index contributed by atoms with van der Waals surface area (Å²) >= 11 is 1.66. The van der Waals surface area contributed by atoms with E-state index in [9.17, 15) is 19.5 Å². The third-order valence-corrected chi connectivity index (χ3v) is 10.3. The number of likely N-dealkylation sites (tertiary alicyclic amines) is 1. The van der Waals surface area contributed by atoms with Gasteiger partial charge in [0.1, 0.15) is 6.04 Å². The molecule has 0 aromatic rings. The number of carbonyl (C=O) groups excluding carboxylic acids is 3. The van der Waals surface area contributed by atoms with Crippen LogP contribution in [0.25, 0.3) is 0 Å². The fourth-order valence-electron chi connectivity index (χ4n) is 6.77. The maximum absolute atomic E-state index is 14.0. The number of ether oxygens (including phenoxy) is 1. The highest BCUT2D eigenvalue weighted by Gasteiger charge is 2.77. The minimum absolute atomic E-state index is 0.00300. The van der Waals surface area contributed by atoms with E-state index >= 15 is 0 Å². The highest BCUT2D eigenvalue weighted by Crippen LogP contribution is 2.69. The predicted molar refractivity (Wildman–Crippen MR) is 123 cm³/mol. The predicted octanol–water partition coefficient (Wildman–Crippen LogP) is 2.35. The molecule has 3 unspecified atom stereocenters. The molecule has 0 aromatic heterocycles. The molecular weight excluding hydrogens is 428 g/mol. The summed E-state index contributed by atoms with van der Waals surface area (Å²) in [5.74, 6) is -1.59. The minimum Gasteiger partial charge on any atom is -0.466 e. The molecule has 1 aliphatic carbocycles. The Hall–Kier alpha value is -1.28. The average molecular weight is 467 g/mol. The lowest BCUT2D eigenvalue weighted by Crippen LogP contribution is -2.60. The number of nitrogens with one attached hydrogen (secondary N) is 1. The van der Waals surface area contributed by atoms with Crippen LogP contribution in [0.1, 0.15) is 66.2 Å². The molecule has 1 saturated carbocycles. The number of amides is 2. The summed E-state index contributed by atoms with van der Waals surface area (Å²) in [6.07, 6.45) is 6.14. The molecule has 4 rings (SSSR count). The highest BCUT2D eigenvalue weighted by atomic mass is 32.2. The molecule has 2 bridgehead atoms. The second-order valence-corrected chi connectivity index (χ2v) is 11.9. The lowest BCUT2D eigenvalue weighted by atomic mass is 9.66. The largest absolute Gasteiger partial charge is 0.466 e. The minimum atomic E-state index is -0.675. The van der Waals surface area contributed by atoms with Crippen molar-refractivity contribution in [3.05, 3.63) is 0 Å². The third-order valence-electron chi connectivity index (χ3n) is 8.26. The van der Waals surface area contributed by atoms with Gasteiger partial charge in [-0.1, -0.05) is 40.0 Å². The summed E-state index contributed by atoms with van der Waals surface area (Å²) in [6.45, 7) is 7.89. The van der Waals surface area contributed by atoms with Gasteiger partial charge in [-0.2, -0.15) is 0 Å². The molecular formula is C24H38N2O5S. The van der Waals surface area contributed by atoms with Gasteiger partial charge in [0, 0.05) is 11.3 Å². The van der Waals surface area contributed by atoms with Crippen LogP contribution in [0.15, 0.2) is 0 Å². The van der Waals surface area contributed by atoms with E-state index in [-0.39, 0.29) is 54.1 Å². The SMILES string of the molecule is CCOC(=O)[C@@H]1[C@H]2C(=O)N([C@@H](CO)C(C)C)C(C(=O)NC3CCCCC3)C23S[C@@H]1CC3C. The van der Waals surface area contributed by atoms with Gasteiger partial charge in [0.15, 0.2) is 0 Å². The van der Waals surface area contributed by atoms with Crippen molar-refractivity contribution < 1.29 is 24.2 Å². The first kappa shape index (κ1) is 23.9. The maximum Gasteiger partial charge on any atom is 0.310 e. The number of rotatable bonds is 7. The van der Waals surface area contributed by atoms with Crippen LogP contribution >= 0.6 is 11.8 Å². The van der Waals surface area contributed by atoms with Gasteiger partial charge in [-0.15, -0.1) is 11.8 Å². The molecule has 7 nitrogen and oxygen atoms in total. The number of fused-ring (bicyclic) bond motifs is 1. The molecule has 8 heteroatoms. The van der Waals surface area contributed by atoms with Gasteiger partial charge in [0.05, 0.1) is 35.8 Å². The van der Waals surface area contributed by atoms with Gasteiger partial charge in [-0.25, -0.2) is 0 Å². The van der Waals surface area contributed by atoms with Crippen molar-refractivity contribution in [2.24, 2.45) is 23.7 Å². The van der Waals surface area contributed by atoms with Crippen molar-refractivity contribution in [3.63, 3.8) is 0 Å². The summed E-state index contributed by atoms with van der Waals surface area (Å²) in [6, 6.07) is -1.000. The molecule has 3 heterocycles. The third kappa shape index (κ3) is 3.56. The maximum atomic E-state index is 14.0. The van der Waals surface area contributed by atoms with Crippen LogP contribution in [0.4, 0.5) is 0 Å². The molecule has 0 aromatic carbocycles. The van der Waals surface area contributed by atoms with Gasteiger partial charge < -0.3 is 20.1 Å². The van der Waals surface area contributed by atoms with Crippen molar-refractivity contribution in [2.75, 3.05) is 13.2 Å². The number of carbonyl (C=O) groups is 3. The fourth-order valence-corrected chi connectivity index (χ4v) is 9.17. The van der Waals surface area contributed by atoms with E-state index in [4.69, 9.17) is 4.74 Å². The molecule has 0 radical (unpaired) electrons. The quantitative estimate of drug-likeness (QED) is 0.559. The number of aliphatic hydroxyl groups is 1. The normalized spacial score (nSPS) is 37.6. The number of aliphatic hydroxyl groups excluding tert-OH is 1. The molecule has 4 fully saturated rings. The van der Waals surface area contributed by atoms with Crippen molar-refractivity contribution in [3.8, 4) is 0 Å². The Labute approximate surface area is 195 Å². The van der Waals surface area contributed by atoms with Crippen molar-refractivity contribution in [1.82, 2.24) is 10.2 Å². The van der Waals surface area contributed by atoms with Gasteiger partial charge in [0.2, 0.25) is 11.8 Å². The molecule has 32 heavy (non-hydrogen) atoms. The zero-order valence-electron chi connectivity index (χ0n) is 19.7. The van der Waals surface area contributed by atoms with Crippen LogP contribution in [-0.4, -0.2) is 69.1 Å². The summed E-state index contributed by atoms with van der Waals surface area (Å²) in [5.41, 5.74) is 0. The van der Waals surface area contributed by atoms with E-state index in [1.54, 1.807) is 23.6 Å². The summed E-state index contributed by atoms with van der Waals surface area (Å²) < 4.78 is 4.73. The Morgan fingerprint density at radius 3 is 2.56 bits per heavy atom. The Morgan fingerprint density at radius 1 is 1.28 bits per heavy atom. The number of esters is 1. The van der Waals surface area contributed by atoms with Gasteiger partial charge in [-0.3, -0.25) is 14.4 Å². The first-order chi connectivity index (χ1) is 15.3. The molecule has 1 spiro atoms. The average Bonchev–Trinajstić information content (AvgIpc) is 3.33. The van der Waals surface area contributed by atoms with E-state index in [0.717, 1.165) is 32.1 Å². The molecule has 3 aliphatic heterocycles. The lowest BCUT2D eigenvalue weighted by molar-refractivity contribution is -0.154. The molecule has 2 N–H and O–H groups in total. The Bertz CT molecular complexity index is 755. The molecule has 180 valence electrons. The summed E-state index contributed by atoms with van der Waals surface area (Å²) in [5, 5.41) is 13.5. The first-order valence-electron chi connectivity index (χ1n) is 12.4. The van der Waals surface area contributed by atoms with E-state index in [1.165, 1.54) is 6.42 Å². The van der Waals surface area contributed by atoms with Gasteiger partial charge >= 0.3 is 5.97 Å². The van der Waals surface area contributed by atoms with Crippen LogP contribution in [0.3, 0.4) is 0 Å². The standard InChI is InChI=1S/C24H38N2O5S/c1-5-31-23(30)18-17-11-14(4)24(32-17)19(18)22(29)26(16(12-27)13(2)3)20(24)21(28)25-15-9-7-6-8-10-15/h13-20,27H,5-12H2,1-4H3,(H,25,28)/t14?,16-,17+,18-,19-,20?,24?/m0/s1. The van der Waals surface area contributed by atoms with Crippen molar-refractivity contribution in [1.29, 1.82) is 0 Å². The highest BCUT2D eigenvalue weighted by molar-refractivity contribution is 8.02. The number of nitrogens with zero attached hydrogens (tertiary/aromatic N) is 1. The van der Waals surface area contributed by atoms with Gasteiger partial charge in [-0.05, 0) is 38.0 Å². The van der Waals surface area contributed by atoms with Crippen LogP contribution in [0.2, 0.25) is 0 Å².